The van der Waals surface area contributed by atoms with Crippen molar-refractivity contribution < 1.29 is 14.3 Å². The number of ether oxygens (including phenoxy) is 1. The molecule has 1 aromatic carbocycles. The molecule has 0 aromatic heterocycles. The van der Waals surface area contributed by atoms with Crippen molar-refractivity contribution in [3.8, 4) is 5.75 Å². The van der Waals surface area contributed by atoms with Gasteiger partial charge in [0, 0.05) is 31.7 Å². The van der Waals surface area contributed by atoms with Crippen LogP contribution in [0.25, 0.3) is 0 Å². The van der Waals surface area contributed by atoms with Crippen molar-refractivity contribution in [2.24, 2.45) is 0 Å². The van der Waals surface area contributed by atoms with Crippen LogP contribution < -0.4 is 4.74 Å². The lowest BCUT2D eigenvalue weighted by molar-refractivity contribution is -0.117. The minimum atomic E-state index is -0.430. The van der Waals surface area contributed by atoms with Crippen molar-refractivity contribution in [1.82, 2.24) is 9.80 Å². The Bertz CT molecular complexity index is 574. The molecular formula is C20H31ClN2O3. The van der Waals surface area contributed by atoms with E-state index < -0.39 is 5.24 Å². The lowest BCUT2D eigenvalue weighted by atomic mass is 10.1. The third-order valence-corrected chi connectivity index (χ3v) is 4.55. The van der Waals surface area contributed by atoms with Crippen LogP contribution in [0.1, 0.15) is 49.0 Å². The fourth-order valence-electron chi connectivity index (χ4n) is 2.92. The van der Waals surface area contributed by atoms with Crippen molar-refractivity contribution in [2.75, 3.05) is 33.2 Å². The zero-order valence-corrected chi connectivity index (χ0v) is 17.1. The maximum Gasteiger partial charge on any atom is 0.252 e. The van der Waals surface area contributed by atoms with Crippen molar-refractivity contribution in [1.29, 1.82) is 0 Å². The molecule has 0 spiro atoms. The Morgan fingerprint density at radius 3 is 2.31 bits per heavy atom. The quantitative estimate of drug-likeness (QED) is 0.588. The summed E-state index contributed by atoms with van der Waals surface area (Å²) in [5.41, 5.74) is 1.46. The largest absolute Gasteiger partial charge is 0.489 e. The molecule has 1 amide bonds. The van der Waals surface area contributed by atoms with E-state index in [1.54, 1.807) is 17.0 Å². The topological polar surface area (TPSA) is 49.9 Å². The highest BCUT2D eigenvalue weighted by Crippen LogP contribution is 2.23. The molecule has 0 bridgehead atoms. The molecule has 0 saturated carbocycles. The molecule has 2 heterocycles. The first kappa shape index (κ1) is 22.5. The van der Waals surface area contributed by atoms with E-state index in [-0.39, 0.29) is 6.10 Å². The number of halogens is 1. The van der Waals surface area contributed by atoms with E-state index in [0.717, 1.165) is 50.3 Å². The second kappa shape index (κ2) is 11.9. The summed E-state index contributed by atoms with van der Waals surface area (Å²) in [4.78, 5) is 25.0. The van der Waals surface area contributed by atoms with Gasteiger partial charge in [0.2, 0.25) is 6.41 Å². The Labute approximate surface area is 162 Å². The summed E-state index contributed by atoms with van der Waals surface area (Å²) in [6.45, 7) is 9.90. The van der Waals surface area contributed by atoms with Gasteiger partial charge in [0.05, 0.1) is 0 Å². The number of amides is 1. The second-order valence-corrected chi connectivity index (χ2v) is 6.74. The monoisotopic (exact) mass is 382 g/mol. The molecular weight excluding hydrogens is 352 g/mol. The molecule has 0 aliphatic carbocycles. The summed E-state index contributed by atoms with van der Waals surface area (Å²) >= 11 is 5.43. The number of hydrogen-bond donors (Lipinski definition) is 0. The van der Waals surface area contributed by atoms with Gasteiger partial charge in [-0.05, 0) is 68.6 Å². The summed E-state index contributed by atoms with van der Waals surface area (Å²) in [6, 6.07) is 5.29. The van der Waals surface area contributed by atoms with E-state index in [9.17, 15) is 9.59 Å². The fourth-order valence-corrected chi connectivity index (χ4v) is 3.04. The van der Waals surface area contributed by atoms with Crippen LogP contribution in [0.5, 0.6) is 5.75 Å². The molecule has 1 unspecified atom stereocenters. The molecule has 2 saturated heterocycles. The molecule has 1 aromatic rings. The maximum absolute atomic E-state index is 11.0. The van der Waals surface area contributed by atoms with Gasteiger partial charge in [-0.2, -0.15) is 0 Å². The minimum Gasteiger partial charge on any atom is -0.489 e. The third-order valence-electron chi connectivity index (χ3n) is 4.33. The summed E-state index contributed by atoms with van der Waals surface area (Å²) < 4.78 is 5.92. The van der Waals surface area contributed by atoms with Crippen LogP contribution in [0.3, 0.4) is 0 Å². The molecule has 1 atom stereocenters. The average Bonchev–Trinajstić information content (AvgIpc) is 3.30. The van der Waals surface area contributed by atoms with Crippen LogP contribution in [0.15, 0.2) is 18.2 Å². The Morgan fingerprint density at radius 2 is 1.88 bits per heavy atom. The zero-order chi connectivity index (χ0) is 19.5. The van der Waals surface area contributed by atoms with E-state index in [4.69, 9.17) is 16.3 Å². The van der Waals surface area contributed by atoms with Crippen LogP contribution in [0.2, 0.25) is 0 Å². The number of likely N-dealkylation sites (tertiary alicyclic amines) is 2. The first-order valence-electron chi connectivity index (χ1n) is 9.34. The van der Waals surface area contributed by atoms with E-state index in [1.807, 2.05) is 26.8 Å². The maximum atomic E-state index is 11.0. The van der Waals surface area contributed by atoms with E-state index >= 15 is 0 Å². The Morgan fingerprint density at radius 1 is 1.23 bits per heavy atom. The summed E-state index contributed by atoms with van der Waals surface area (Å²) in [6.07, 6.45) is 4.60. The first-order chi connectivity index (χ1) is 12.5. The number of rotatable bonds is 4. The Hall–Kier alpha value is -1.59. The molecule has 5 nitrogen and oxygen atoms in total. The molecule has 2 aliphatic rings. The Balaban J connectivity index is 0.000000313. The number of aryl methyl sites for hydroxylation is 1. The summed E-state index contributed by atoms with van der Waals surface area (Å²) in [5, 5.41) is -0.430. The van der Waals surface area contributed by atoms with Gasteiger partial charge < -0.3 is 14.5 Å². The smallest absolute Gasteiger partial charge is 0.252 e. The Kier molecular flexibility index (Phi) is 10.3. The lowest BCUT2D eigenvalue weighted by Crippen LogP contribution is -2.21. The number of carbonyl (C=O) groups is 2. The first-order valence-corrected chi connectivity index (χ1v) is 9.72. The number of hydrogen-bond acceptors (Lipinski definition) is 4. The number of nitrogens with zero attached hydrogens (tertiary/aromatic N) is 2. The molecule has 2 fully saturated rings. The minimum absolute atomic E-state index is 0.247. The molecule has 3 rings (SSSR count). The molecule has 146 valence electrons. The number of benzene rings is 1. The van der Waals surface area contributed by atoms with Gasteiger partial charge in [-0.25, -0.2) is 0 Å². The van der Waals surface area contributed by atoms with Gasteiger partial charge in [-0.1, -0.05) is 13.8 Å². The predicted molar refractivity (Wildman–Crippen MR) is 106 cm³/mol. The third kappa shape index (κ3) is 7.34. The SMILES string of the molecule is CC.Cc1cc(C(=O)Cl)ccc1OC1CCN(C)C1.O=CN1CCCC1. The van der Waals surface area contributed by atoms with Crippen LogP contribution in [0, 0.1) is 6.92 Å². The molecule has 0 radical (unpaired) electrons. The molecule has 26 heavy (non-hydrogen) atoms. The lowest BCUT2D eigenvalue weighted by Gasteiger charge is -2.15. The summed E-state index contributed by atoms with van der Waals surface area (Å²) in [7, 11) is 2.09. The predicted octanol–water partition coefficient (Wildman–Crippen LogP) is 3.72. The van der Waals surface area contributed by atoms with Gasteiger partial charge in [0.25, 0.3) is 5.24 Å². The van der Waals surface area contributed by atoms with E-state index in [2.05, 4.69) is 11.9 Å². The standard InChI is InChI=1S/C13H16ClNO2.C5H9NO.C2H6/c1-9-7-10(13(14)16)3-4-12(9)17-11-5-6-15(2)8-11;7-5-6-3-1-2-4-6;1-2/h3-4,7,11H,5-6,8H2,1-2H3;5H,1-4H2;1-2H3. The van der Waals surface area contributed by atoms with Crippen LogP contribution in [-0.4, -0.2) is 60.8 Å². The van der Waals surface area contributed by atoms with E-state index in [1.165, 1.54) is 12.8 Å². The van der Waals surface area contributed by atoms with Crippen molar-refractivity contribution in [3.63, 3.8) is 0 Å². The highest BCUT2D eigenvalue weighted by atomic mass is 35.5. The fraction of sp³-hybridized carbons (Fsp3) is 0.600. The van der Waals surface area contributed by atoms with Gasteiger partial charge >= 0.3 is 0 Å². The zero-order valence-electron chi connectivity index (χ0n) is 16.3. The highest BCUT2D eigenvalue weighted by Gasteiger charge is 2.21. The molecule has 6 heteroatoms. The van der Waals surface area contributed by atoms with Crippen LogP contribution >= 0.6 is 11.6 Å². The van der Waals surface area contributed by atoms with Gasteiger partial charge in [0.1, 0.15) is 11.9 Å². The highest BCUT2D eigenvalue weighted by molar-refractivity contribution is 6.67. The second-order valence-electron chi connectivity index (χ2n) is 6.39. The average molecular weight is 383 g/mol. The van der Waals surface area contributed by atoms with Crippen molar-refractivity contribution >= 4 is 23.3 Å². The van der Waals surface area contributed by atoms with Crippen molar-refractivity contribution in [3.05, 3.63) is 29.3 Å². The van der Waals surface area contributed by atoms with Gasteiger partial charge in [0.15, 0.2) is 0 Å². The normalized spacial score (nSPS) is 19.1. The number of carbonyl (C=O) groups excluding carboxylic acids is 2. The van der Waals surface area contributed by atoms with Crippen LogP contribution in [0.4, 0.5) is 0 Å². The van der Waals surface area contributed by atoms with Gasteiger partial charge in [-0.15, -0.1) is 0 Å². The van der Waals surface area contributed by atoms with Crippen molar-refractivity contribution in [2.45, 2.75) is 46.1 Å². The van der Waals surface area contributed by atoms with E-state index in [0.29, 0.717) is 5.56 Å². The summed E-state index contributed by atoms with van der Waals surface area (Å²) in [5.74, 6) is 0.840. The number of likely N-dealkylation sites (N-methyl/N-ethyl adjacent to an activating group) is 1. The van der Waals surface area contributed by atoms with Crippen LogP contribution in [-0.2, 0) is 4.79 Å². The van der Waals surface area contributed by atoms with Gasteiger partial charge in [-0.3, -0.25) is 9.59 Å². The molecule has 0 N–H and O–H groups in total. The molecule has 2 aliphatic heterocycles.